The minimum atomic E-state index is -1.73. The van der Waals surface area contributed by atoms with E-state index < -0.39 is 49.2 Å². The van der Waals surface area contributed by atoms with Crippen LogP contribution in [0.5, 0.6) is 11.5 Å². The van der Waals surface area contributed by atoms with Crippen LogP contribution in [0.25, 0.3) is 0 Å². The Bertz CT molecular complexity index is 1160. The Morgan fingerprint density at radius 2 is 1.57 bits per heavy atom. The number of fused-ring (bicyclic) bond motifs is 1. The maximum atomic E-state index is 11.2. The van der Waals surface area contributed by atoms with E-state index in [1.54, 1.807) is 6.92 Å². The largest absolute Gasteiger partial charge is 0.492 e. The summed E-state index contributed by atoms with van der Waals surface area (Å²) in [6, 6.07) is 15.5. The molecule has 8 N–H and O–H groups in total. The van der Waals surface area contributed by atoms with E-state index in [2.05, 4.69) is 23.2 Å². The number of rotatable bonds is 23. The highest BCUT2D eigenvalue weighted by Crippen LogP contribution is 2.30. The van der Waals surface area contributed by atoms with Gasteiger partial charge in [-0.15, -0.1) is 0 Å². The first-order chi connectivity index (χ1) is 23.6. The summed E-state index contributed by atoms with van der Waals surface area (Å²) in [4.78, 5) is 13.4. The number of aliphatic carboxylic acids is 1. The Kier molecular flexibility index (Phi) is 20.8. The minimum absolute atomic E-state index is 0.0785. The van der Waals surface area contributed by atoms with Crippen LogP contribution in [0.2, 0.25) is 0 Å². The number of benzene rings is 2. The lowest BCUT2D eigenvalue weighted by Gasteiger charge is -2.31. The summed E-state index contributed by atoms with van der Waals surface area (Å²) in [5, 5.41) is 68.5. The van der Waals surface area contributed by atoms with Gasteiger partial charge in [-0.1, -0.05) is 63.3 Å². The third-order valence-corrected chi connectivity index (χ3v) is 8.18. The summed E-state index contributed by atoms with van der Waals surface area (Å²) < 4.78 is 16.8. The average Bonchev–Trinajstić information content (AvgIpc) is 3.12. The standard InChI is InChI=1S/C21H25NO5.C15H33NO6/c1-2-25-20(21(23)24)15-16-7-9-17(10-8-16)26-13-11-22-12-14-27-19-6-4-3-5-18(19)22;1-2-3-4-5-6-7-8-16-9-11(18)13(20)15(22)14(21)12(19)10-17/h3-10,20H,2,11-15H2,1H3,(H,23,24);11-22H,2-10H2,1H3/t20-;/m0./s1. The summed E-state index contributed by atoms with van der Waals surface area (Å²) in [6.07, 6.45) is -1.40. The number of unbranched alkanes of at least 4 members (excludes halogenated alkanes) is 5. The number of aliphatic hydroxyl groups excluding tert-OH is 6. The molecule has 0 amide bonds. The normalized spacial score (nSPS) is 16.2. The zero-order chi connectivity index (χ0) is 36.0. The van der Waals surface area contributed by atoms with Gasteiger partial charge in [0.15, 0.2) is 6.10 Å². The van der Waals surface area contributed by atoms with Crippen LogP contribution in [0, 0.1) is 0 Å². The van der Waals surface area contributed by atoms with Crippen molar-refractivity contribution in [2.45, 2.75) is 95.4 Å². The van der Waals surface area contributed by atoms with Gasteiger partial charge in [0.1, 0.15) is 49.1 Å². The summed E-state index contributed by atoms with van der Waals surface area (Å²) >= 11 is 0. The van der Waals surface area contributed by atoms with Gasteiger partial charge in [-0.25, -0.2) is 4.79 Å². The lowest BCUT2D eigenvalue weighted by molar-refractivity contribution is -0.149. The fourth-order valence-corrected chi connectivity index (χ4v) is 5.25. The fraction of sp³-hybridized carbons (Fsp3) is 0.639. The third-order valence-electron chi connectivity index (χ3n) is 8.18. The molecule has 0 saturated heterocycles. The number of carbonyl (C=O) groups is 1. The zero-order valence-corrected chi connectivity index (χ0v) is 28.9. The summed E-state index contributed by atoms with van der Waals surface area (Å²) in [5.41, 5.74) is 2.00. The van der Waals surface area contributed by atoms with Crippen molar-refractivity contribution in [2.24, 2.45) is 0 Å². The highest BCUT2D eigenvalue weighted by molar-refractivity contribution is 5.72. The number of nitrogens with one attached hydrogen (secondary N) is 1. The molecule has 1 aliphatic rings. The topological polar surface area (TPSA) is 202 Å². The predicted octanol–water partition coefficient (Wildman–Crippen LogP) is 1.73. The van der Waals surface area contributed by atoms with Crippen molar-refractivity contribution < 1.29 is 54.8 Å². The SMILES string of the molecule is CCCCCCCCNCC(O)C(O)C(O)C(O)C(O)CO.CCO[C@@H](Cc1ccc(OCCN2CCOc3ccccc32)cc1)C(=O)O. The van der Waals surface area contributed by atoms with Gasteiger partial charge in [-0.3, -0.25) is 0 Å². The Labute approximate surface area is 290 Å². The van der Waals surface area contributed by atoms with Gasteiger partial charge in [-0.2, -0.15) is 0 Å². The highest BCUT2D eigenvalue weighted by atomic mass is 16.5. The summed E-state index contributed by atoms with van der Waals surface area (Å²) in [6.45, 7) is 7.23. The second-order valence-electron chi connectivity index (χ2n) is 12.0. The Balaban J connectivity index is 0.000000349. The molecule has 13 heteroatoms. The summed E-state index contributed by atoms with van der Waals surface area (Å²) in [7, 11) is 0. The molecule has 0 aromatic heterocycles. The number of carboxylic acid groups (broad SMARTS) is 1. The van der Waals surface area contributed by atoms with Gasteiger partial charge in [0, 0.05) is 19.6 Å². The van der Waals surface area contributed by atoms with Crippen molar-refractivity contribution in [1.82, 2.24) is 5.32 Å². The van der Waals surface area contributed by atoms with Crippen molar-refractivity contribution >= 4 is 11.7 Å². The van der Waals surface area contributed by atoms with Crippen molar-refractivity contribution in [3.63, 3.8) is 0 Å². The fourth-order valence-electron chi connectivity index (χ4n) is 5.25. The molecule has 6 atom stereocenters. The van der Waals surface area contributed by atoms with Gasteiger partial charge < -0.3 is 60.2 Å². The molecule has 3 rings (SSSR count). The Morgan fingerprint density at radius 1 is 0.898 bits per heavy atom. The van der Waals surface area contributed by atoms with Gasteiger partial charge in [0.05, 0.1) is 31.5 Å². The molecular formula is C36H58N2O11. The van der Waals surface area contributed by atoms with E-state index >= 15 is 0 Å². The molecule has 2 aromatic carbocycles. The van der Waals surface area contributed by atoms with Crippen LogP contribution in [0.4, 0.5) is 5.69 Å². The second-order valence-corrected chi connectivity index (χ2v) is 12.0. The van der Waals surface area contributed by atoms with Gasteiger partial charge >= 0.3 is 5.97 Å². The number of hydrogen-bond acceptors (Lipinski definition) is 12. The number of carboxylic acids is 1. The first-order valence-electron chi connectivity index (χ1n) is 17.4. The maximum Gasteiger partial charge on any atom is 0.333 e. The molecule has 0 bridgehead atoms. The smallest absolute Gasteiger partial charge is 0.333 e. The zero-order valence-electron chi connectivity index (χ0n) is 28.9. The molecule has 0 radical (unpaired) electrons. The van der Waals surface area contributed by atoms with Crippen LogP contribution in [0.15, 0.2) is 48.5 Å². The van der Waals surface area contributed by atoms with E-state index in [9.17, 15) is 30.3 Å². The van der Waals surface area contributed by atoms with Gasteiger partial charge in [0.25, 0.3) is 0 Å². The molecule has 5 unspecified atom stereocenters. The monoisotopic (exact) mass is 694 g/mol. The van der Waals surface area contributed by atoms with Crippen LogP contribution in [0.1, 0.15) is 57.9 Å². The number of ether oxygens (including phenoxy) is 3. The number of aliphatic hydroxyl groups is 6. The first-order valence-corrected chi connectivity index (χ1v) is 17.4. The van der Waals surface area contributed by atoms with E-state index in [-0.39, 0.29) is 6.54 Å². The molecule has 13 nitrogen and oxygen atoms in total. The lowest BCUT2D eigenvalue weighted by atomic mass is 9.99. The number of hydrogen-bond donors (Lipinski definition) is 8. The Hall–Kier alpha value is -3.01. The molecule has 278 valence electrons. The van der Waals surface area contributed by atoms with Crippen LogP contribution in [-0.2, 0) is 16.0 Å². The first kappa shape index (κ1) is 42.2. The predicted molar refractivity (Wildman–Crippen MR) is 186 cm³/mol. The number of nitrogens with zero attached hydrogens (tertiary/aromatic N) is 1. The quantitative estimate of drug-likeness (QED) is 0.0783. The summed E-state index contributed by atoms with van der Waals surface area (Å²) in [5.74, 6) is 0.738. The highest BCUT2D eigenvalue weighted by Gasteiger charge is 2.33. The maximum absolute atomic E-state index is 11.2. The van der Waals surface area contributed by atoms with Crippen molar-refractivity contribution in [3.05, 3.63) is 54.1 Å². The van der Waals surface area contributed by atoms with E-state index in [0.29, 0.717) is 32.8 Å². The number of para-hydroxylation sites is 2. The number of anilines is 1. The van der Waals surface area contributed by atoms with Crippen LogP contribution >= 0.6 is 0 Å². The van der Waals surface area contributed by atoms with Crippen molar-refractivity contribution in [1.29, 1.82) is 0 Å². The second kappa shape index (κ2) is 24.2. The van der Waals surface area contributed by atoms with Gasteiger partial charge in [-0.05, 0) is 49.7 Å². The molecule has 0 saturated carbocycles. The Morgan fingerprint density at radius 3 is 2.24 bits per heavy atom. The molecule has 0 aliphatic carbocycles. The lowest BCUT2D eigenvalue weighted by Crippen LogP contribution is -2.52. The van der Waals surface area contributed by atoms with E-state index in [1.165, 1.54) is 25.7 Å². The average molecular weight is 695 g/mol. The molecule has 49 heavy (non-hydrogen) atoms. The van der Waals surface area contributed by atoms with E-state index in [1.807, 2.05) is 42.5 Å². The van der Waals surface area contributed by atoms with E-state index in [4.69, 9.17) is 24.4 Å². The molecule has 0 spiro atoms. The molecule has 2 aromatic rings. The van der Waals surface area contributed by atoms with Crippen LogP contribution in [0.3, 0.4) is 0 Å². The molecule has 0 fully saturated rings. The molecule has 1 heterocycles. The van der Waals surface area contributed by atoms with Crippen LogP contribution < -0.4 is 19.7 Å². The molecule has 1 aliphatic heterocycles. The van der Waals surface area contributed by atoms with Crippen molar-refractivity contribution in [2.75, 3.05) is 57.5 Å². The third kappa shape index (κ3) is 15.6. The van der Waals surface area contributed by atoms with Crippen LogP contribution in [-0.4, -0.2) is 131 Å². The van der Waals surface area contributed by atoms with E-state index in [0.717, 1.165) is 48.7 Å². The minimum Gasteiger partial charge on any atom is -0.492 e. The van der Waals surface area contributed by atoms with Crippen molar-refractivity contribution in [3.8, 4) is 11.5 Å². The molecular weight excluding hydrogens is 636 g/mol. The van der Waals surface area contributed by atoms with Gasteiger partial charge in [0.2, 0.25) is 0 Å².